The number of nitrogens with one attached hydrogen (secondary N) is 4. The van der Waals surface area contributed by atoms with Crippen molar-refractivity contribution in [3.8, 4) is 0 Å². The van der Waals surface area contributed by atoms with Crippen molar-refractivity contribution < 1.29 is 18.8 Å². The molecule has 200 valence electrons. The molecular weight excluding hydrogens is 464 g/mol. The number of hydrogen-bond acceptors (Lipinski definition) is 5. The molecule has 36 heavy (non-hydrogen) atoms. The summed E-state index contributed by atoms with van der Waals surface area (Å²) in [4.78, 5) is 14.5. The third-order valence-electron chi connectivity index (χ3n) is 6.87. The number of hydroxylamine groups is 1. The molecule has 0 aromatic heterocycles. The van der Waals surface area contributed by atoms with Gasteiger partial charge in [-0.1, -0.05) is 70.4 Å². The van der Waals surface area contributed by atoms with Crippen molar-refractivity contribution in [1.29, 1.82) is 0 Å². The summed E-state index contributed by atoms with van der Waals surface area (Å²) < 4.78 is 28.3. The van der Waals surface area contributed by atoms with Gasteiger partial charge < -0.3 is 15.8 Å². The molecule has 3 rings (SSSR count). The average Bonchev–Trinajstić information content (AvgIpc) is 2.85. The zero-order valence-electron chi connectivity index (χ0n) is 21.4. The van der Waals surface area contributed by atoms with Crippen LogP contribution in [-0.2, 0) is 0 Å². The number of carbonyl (C=O) groups is 1. The Morgan fingerprint density at radius 3 is 2.33 bits per heavy atom. The van der Waals surface area contributed by atoms with E-state index in [2.05, 4.69) is 28.4 Å². The summed E-state index contributed by atoms with van der Waals surface area (Å²) in [6, 6.07) is 8.64. The molecule has 2 aromatic carbocycles. The second kappa shape index (κ2) is 14.4. The average molecular weight is 506 g/mol. The van der Waals surface area contributed by atoms with Crippen LogP contribution in [0.3, 0.4) is 0 Å². The number of hydrogen-bond donors (Lipinski definition) is 5. The van der Waals surface area contributed by atoms with Crippen LogP contribution in [0, 0.1) is 5.82 Å². The molecule has 1 fully saturated rings. The highest BCUT2D eigenvalue weighted by Crippen LogP contribution is 2.22. The molecule has 5 N–H and O–H groups in total. The molecule has 0 spiro atoms. The number of benzene rings is 2. The number of carbonyl (C=O) groups excluding carboxylic acids is 1. The molecule has 7 nitrogen and oxygen atoms in total. The van der Waals surface area contributed by atoms with Crippen molar-refractivity contribution in [2.75, 3.05) is 11.9 Å². The third kappa shape index (κ3) is 8.09. The molecule has 1 saturated heterocycles. The lowest BCUT2D eigenvalue weighted by molar-refractivity contribution is -0.0861. The van der Waals surface area contributed by atoms with E-state index in [4.69, 9.17) is 0 Å². The van der Waals surface area contributed by atoms with E-state index in [1.54, 1.807) is 36.1 Å². The summed E-state index contributed by atoms with van der Waals surface area (Å²) in [5.41, 5.74) is 2.66. The minimum absolute atomic E-state index is 0.316. The first kappa shape index (κ1) is 28.2. The molecule has 1 aliphatic heterocycles. The topological polar surface area (TPSA) is 88.7 Å². The first-order valence-corrected chi connectivity index (χ1v) is 13.2. The van der Waals surface area contributed by atoms with Crippen LogP contribution in [0.15, 0.2) is 36.4 Å². The van der Waals surface area contributed by atoms with E-state index < -0.39 is 30.7 Å². The standard InChI is InChI=1S/C27H41F2N5O2/c1-3-4-5-6-7-8-9-10-11-16-34-25(33-36)24(29)19(2)30-26(34)32-27(35)31-23-15-13-20-17-22(28)14-12-21(20)18-23/h12-15,17-19,24-26,30,33,36H,3-11,16H2,1-2H3,(H2,31,32,35). The zero-order valence-corrected chi connectivity index (χ0v) is 21.4. The largest absolute Gasteiger partial charge is 0.321 e. The second-order valence-electron chi connectivity index (χ2n) is 9.75. The van der Waals surface area contributed by atoms with Crippen LogP contribution in [0.2, 0.25) is 0 Å². The Morgan fingerprint density at radius 1 is 1.00 bits per heavy atom. The molecule has 0 saturated carbocycles. The van der Waals surface area contributed by atoms with Gasteiger partial charge >= 0.3 is 6.03 Å². The monoisotopic (exact) mass is 505 g/mol. The van der Waals surface area contributed by atoms with Crippen LogP contribution < -0.4 is 21.4 Å². The number of urea groups is 1. The van der Waals surface area contributed by atoms with Crippen molar-refractivity contribution in [3.63, 3.8) is 0 Å². The minimum Gasteiger partial charge on any atom is -0.315 e. The van der Waals surface area contributed by atoms with Gasteiger partial charge in [0.05, 0.1) is 0 Å². The highest BCUT2D eigenvalue weighted by atomic mass is 19.1. The quantitative estimate of drug-likeness (QED) is 0.174. The first-order valence-electron chi connectivity index (χ1n) is 13.2. The fraction of sp³-hybridized carbons (Fsp3) is 0.593. The van der Waals surface area contributed by atoms with Crippen LogP contribution >= 0.6 is 0 Å². The fourth-order valence-corrected chi connectivity index (χ4v) is 4.78. The van der Waals surface area contributed by atoms with Gasteiger partial charge in [0.15, 0.2) is 0 Å². The highest BCUT2D eigenvalue weighted by Gasteiger charge is 2.41. The van der Waals surface area contributed by atoms with Crippen molar-refractivity contribution in [2.45, 2.75) is 96.3 Å². The molecule has 0 radical (unpaired) electrons. The molecular formula is C27H41F2N5O2. The van der Waals surface area contributed by atoms with E-state index in [-0.39, 0.29) is 5.82 Å². The van der Waals surface area contributed by atoms with Crippen LogP contribution in [0.1, 0.15) is 71.6 Å². The van der Waals surface area contributed by atoms with E-state index in [0.717, 1.165) is 30.0 Å². The van der Waals surface area contributed by atoms with E-state index in [1.807, 2.05) is 0 Å². The minimum atomic E-state index is -1.35. The van der Waals surface area contributed by atoms with Gasteiger partial charge in [0.25, 0.3) is 0 Å². The van der Waals surface area contributed by atoms with Gasteiger partial charge in [-0.3, -0.25) is 10.2 Å². The Hall–Kier alpha value is -2.33. The molecule has 2 aromatic rings. The Balaban J connectivity index is 1.54. The van der Waals surface area contributed by atoms with Gasteiger partial charge in [-0.25, -0.2) is 13.6 Å². The van der Waals surface area contributed by atoms with Crippen LogP contribution in [-0.4, -0.2) is 47.4 Å². The predicted molar refractivity (Wildman–Crippen MR) is 140 cm³/mol. The fourth-order valence-electron chi connectivity index (χ4n) is 4.78. The number of alkyl halides is 1. The zero-order chi connectivity index (χ0) is 25.9. The summed E-state index contributed by atoms with van der Waals surface area (Å²) in [5, 5.41) is 20.0. The molecule has 1 aliphatic rings. The van der Waals surface area contributed by atoms with Crippen LogP contribution in [0.25, 0.3) is 10.8 Å². The lowest BCUT2D eigenvalue weighted by Crippen LogP contribution is -2.73. The van der Waals surface area contributed by atoms with Crippen molar-refractivity contribution >= 4 is 22.5 Å². The lowest BCUT2D eigenvalue weighted by atomic mass is 10.1. The normalized spacial score (nSPS) is 22.6. The third-order valence-corrected chi connectivity index (χ3v) is 6.87. The van der Waals surface area contributed by atoms with Gasteiger partial charge in [-0.15, -0.1) is 0 Å². The number of nitrogens with zero attached hydrogens (tertiary/aromatic N) is 1. The number of halogens is 2. The number of anilines is 1. The number of fused-ring (bicyclic) bond motifs is 1. The number of rotatable bonds is 13. The maximum absolute atomic E-state index is 14.8. The van der Waals surface area contributed by atoms with Gasteiger partial charge in [-0.05, 0) is 48.4 Å². The summed E-state index contributed by atoms with van der Waals surface area (Å²) in [6.07, 6.45) is 7.54. The van der Waals surface area contributed by atoms with Gasteiger partial charge in [-0.2, -0.15) is 5.48 Å². The Kier molecular flexibility index (Phi) is 11.3. The van der Waals surface area contributed by atoms with Gasteiger partial charge in [0.1, 0.15) is 24.4 Å². The van der Waals surface area contributed by atoms with E-state index in [1.165, 1.54) is 50.7 Å². The maximum Gasteiger partial charge on any atom is 0.321 e. The highest BCUT2D eigenvalue weighted by molar-refractivity contribution is 5.93. The van der Waals surface area contributed by atoms with Crippen LogP contribution in [0.4, 0.5) is 19.3 Å². The number of amides is 2. The lowest BCUT2D eigenvalue weighted by Gasteiger charge is -2.46. The first-order chi connectivity index (χ1) is 17.4. The molecule has 0 bridgehead atoms. The van der Waals surface area contributed by atoms with E-state index in [9.17, 15) is 18.8 Å². The van der Waals surface area contributed by atoms with Crippen molar-refractivity contribution in [3.05, 3.63) is 42.2 Å². The predicted octanol–water partition coefficient (Wildman–Crippen LogP) is 5.85. The van der Waals surface area contributed by atoms with Crippen molar-refractivity contribution in [1.82, 2.24) is 21.0 Å². The molecule has 1 heterocycles. The summed E-state index contributed by atoms with van der Waals surface area (Å²) in [6.45, 7) is 4.41. The van der Waals surface area contributed by atoms with Crippen molar-refractivity contribution in [2.24, 2.45) is 0 Å². The van der Waals surface area contributed by atoms with E-state index in [0.29, 0.717) is 12.2 Å². The molecule has 2 amide bonds. The molecule has 4 unspecified atom stereocenters. The molecule has 0 aliphatic carbocycles. The summed E-state index contributed by atoms with van der Waals surface area (Å²) in [5.74, 6) is -0.316. The Labute approximate surface area is 213 Å². The summed E-state index contributed by atoms with van der Waals surface area (Å²) >= 11 is 0. The molecule has 9 heteroatoms. The SMILES string of the molecule is CCCCCCCCCCCN1C(NC(=O)Nc2ccc3cc(F)ccc3c2)NC(C)C(F)C1NO. The Morgan fingerprint density at radius 2 is 1.64 bits per heavy atom. The van der Waals surface area contributed by atoms with Gasteiger partial charge in [0, 0.05) is 18.3 Å². The summed E-state index contributed by atoms with van der Waals surface area (Å²) in [7, 11) is 0. The number of unbranched alkanes of at least 4 members (excludes halogenated alkanes) is 8. The smallest absolute Gasteiger partial charge is 0.315 e. The second-order valence-corrected chi connectivity index (χ2v) is 9.75. The van der Waals surface area contributed by atoms with E-state index >= 15 is 0 Å². The van der Waals surface area contributed by atoms with Crippen LogP contribution in [0.5, 0.6) is 0 Å². The van der Waals surface area contributed by atoms with Gasteiger partial charge in [0.2, 0.25) is 0 Å². The Bertz CT molecular complexity index is 963. The molecule has 4 atom stereocenters. The maximum atomic E-state index is 14.8.